The minimum Gasteiger partial charge on any atom is -0.310 e. The zero-order valence-electron chi connectivity index (χ0n) is 13.6. The number of rotatable bonds is 8. The molecular weight excluding hydrogens is 262 g/mol. The number of aromatic nitrogens is 4. The second-order valence-electron chi connectivity index (χ2n) is 5.29. The van der Waals surface area contributed by atoms with Crippen LogP contribution in [0.15, 0.2) is 18.5 Å². The molecule has 0 saturated carbocycles. The van der Waals surface area contributed by atoms with Crippen LogP contribution in [0.1, 0.15) is 57.1 Å². The average Bonchev–Trinajstić information content (AvgIpc) is 3.11. The number of hydrogen-bond acceptors (Lipinski definition) is 3. The summed E-state index contributed by atoms with van der Waals surface area (Å²) in [5, 5.41) is 12.6. The average molecular weight is 289 g/mol. The van der Waals surface area contributed by atoms with Crippen molar-refractivity contribution in [2.75, 3.05) is 6.54 Å². The van der Waals surface area contributed by atoms with Gasteiger partial charge in [-0.15, -0.1) is 0 Å². The lowest BCUT2D eigenvalue weighted by Crippen LogP contribution is -2.19. The van der Waals surface area contributed by atoms with Crippen LogP contribution in [0.3, 0.4) is 0 Å². The Bertz CT molecular complexity index is 555. The van der Waals surface area contributed by atoms with E-state index in [2.05, 4.69) is 60.2 Å². The van der Waals surface area contributed by atoms with Gasteiger partial charge in [0.1, 0.15) is 0 Å². The van der Waals surface area contributed by atoms with Gasteiger partial charge >= 0.3 is 0 Å². The molecule has 5 nitrogen and oxygen atoms in total. The summed E-state index contributed by atoms with van der Waals surface area (Å²) in [6.45, 7) is 11.3. The topological polar surface area (TPSA) is 47.7 Å². The van der Waals surface area contributed by atoms with Crippen molar-refractivity contribution in [3.05, 3.63) is 35.4 Å². The number of hydrogen-bond donors (Lipinski definition) is 1. The first-order valence-corrected chi connectivity index (χ1v) is 8.03. The lowest BCUT2D eigenvalue weighted by Gasteiger charge is -2.13. The van der Waals surface area contributed by atoms with E-state index in [1.807, 2.05) is 10.9 Å². The molecule has 2 heterocycles. The fraction of sp³-hybridized carbons (Fsp3) is 0.625. The highest BCUT2D eigenvalue weighted by molar-refractivity contribution is 5.14. The van der Waals surface area contributed by atoms with Crippen molar-refractivity contribution in [2.45, 2.75) is 59.7 Å². The molecule has 0 bridgehead atoms. The fourth-order valence-corrected chi connectivity index (χ4v) is 2.65. The van der Waals surface area contributed by atoms with E-state index in [4.69, 9.17) is 0 Å². The van der Waals surface area contributed by atoms with Gasteiger partial charge in [0, 0.05) is 24.3 Å². The Kier molecular flexibility index (Phi) is 5.56. The van der Waals surface area contributed by atoms with Crippen molar-refractivity contribution < 1.29 is 0 Å². The first kappa shape index (κ1) is 15.8. The van der Waals surface area contributed by atoms with Crippen LogP contribution in [0.4, 0.5) is 0 Å². The van der Waals surface area contributed by atoms with Crippen LogP contribution < -0.4 is 5.32 Å². The Labute approximate surface area is 127 Å². The van der Waals surface area contributed by atoms with Gasteiger partial charge in [-0.2, -0.15) is 10.2 Å². The van der Waals surface area contributed by atoms with Crippen molar-refractivity contribution >= 4 is 0 Å². The molecule has 2 rings (SSSR count). The van der Waals surface area contributed by atoms with Crippen LogP contribution in [0.5, 0.6) is 0 Å². The van der Waals surface area contributed by atoms with Crippen molar-refractivity contribution in [1.82, 2.24) is 24.9 Å². The molecule has 0 amide bonds. The largest absolute Gasteiger partial charge is 0.310 e. The van der Waals surface area contributed by atoms with Gasteiger partial charge in [0.05, 0.1) is 24.1 Å². The summed E-state index contributed by atoms with van der Waals surface area (Å²) in [6.07, 6.45) is 6.18. The highest BCUT2D eigenvalue weighted by Crippen LogP contribution is 2.16. The third kappa shape index (κ3) is 3.73. The molecule has 0 saturated heterocycles. The molecule has 0 fully saturated rings. The molecule has 116 valence electrons. The molecule has 0 aliphatic rings. The molecule has 0 aromatic carbocycles. The maximum absolute atomic E-state index is 4.59. The van der Waals surface area contributed by atoms with Crippen LogP contribution in [-0.4, -0.2) is 26.1 Å². The summed E-state index contributed by atoms with van der Waals surface area (Å²) in [4.78, 5) is 0. The summed E-state index contributed by atoms with van der Waals surface area (Å²) in [5.41, 5.74) is 3.64. The molecule has 1 N–H and O–H groups in total. The van der Waals surface area contributed by atoms with E-state index >= 15 is 0 Å². The Balaban J connectivity index is 2.13. The third-order valence-corrected chi connectivity index (χ3v) is 3.81. The zero-order valence-corrected chi connectivity index (χ0v) is 13.6. The molecule has 1 atom stereocenters. The lowest BCUT2D eigenvalue weighted by atomic mass is 10.1. The first-order chi connectivity index (χ1) is 10.2. The quantitative estimate of drug-likeness (QED) is 0.813. The summed E-state index contributed by atoms with van der Waals surface area (Å²) in [7, 11) is 0. The van der Waals surface area contributed by atoms with Gasteiger partial charge < -0.3 is 5.32 Å². The van der Waals surface area contributed by atoms with Gasteiger partial charge in [-0.05, 0) is 32.4 Å². The van der Waals surface area contributed by atoms with Crippen LogP contribution >= 0.6 is 0 Å². The van der Waals surface area contributed by atoms with Crippen molar-refractivity contribution in [2.24, 2.45) is 0 Å². The second kappa shape index (κ2) is 7.41. The normalized spacial score (nSPS) is 12.8. The Morgan fingerprint density at radius 2 is 2.05 bits per heavy atom. The summed E-state index contributed by atoms with van der Waals surface area (Å²) in [5.74, 6) is 0. The molecule has 21 heavy (non-hydrogen) atoms. The van der Waals surface area contributed by atoms with Crippen molar-refractivity contribution in [3.8, 4) is 0 Å². The van der Waals surface area contributed by atoms with Gasteiger partial charge in [-0.1, -0.05) is 20.8 Å². The Morgan fingerprint density at radius 1 is 1.24 bits per heavy atom. The van der Waals surface area contributed by atoms with Crippen LogP contribution in [-0.2, 0) is 19.5 Å². The van der Waals surface area contributed by atoms with E-state index in [1.165, 1.54) is 11.3 Å². The predicted octanol–water partition coefficient (Wildman–Crippen LogP) is 2.77. The summed E-state index contributed by atoms with van der Waals surface area (Å²) in [6, 6.07) is 2.58. The fourth-order valence-electron chi connectivity index (χ4n) is 2.65. The van der Waals surface area contributed by atoms with Gasteiger partial charge in [0.2, 0.25) is 0 Å². The van der Waals surface area contributed by atoms with Gasteiger partial charge in [0.25, 0.3) is 0 Å². The molecule has 2 aromatic heterocycles. The second-order valence-corrected chi connectivity index (χ2v) is 5.29. The molecule has 2 aromatic rings. The van der Waals surface area contributed by atoms with Crippen molar-refractivity contribution in [3.63, 3.8) is 0 Å². The van der Waals surface area contributed by atoms with Gasteiger partial charge in [0.15, 0.2) is 0 Å². The van der Waals surface area contributed by atoms with E-state index in [0.717, 1.165) is 38.2 Å². The minimum atomic E-state index is 0.394. The number of nitrogens with zero attached hydrogens (tertiary/aromatic N) is 4. The maximum atomic E-state index is 4.59. The zero-order chi connectivity index (χ0) is 15.2. The Hall–Kier alpha value is -1.62. The van der Waals surface area contributed by atoms with Gasteiger partial charge in [-0.25, -0.2) is 0 Å². The smallest absolute Gasteiger partial charge is 0.0828 e. The molecule has 0 aliphatic carbocycles. The molecule has 0 spiro atoms. The lowest BCUT2D eigenvalue weighted by molar-refractivity contribution is 0.535. The highest BCUT2D eigenvalue weighted by Gasteiger charge is 2.12. The number of aryl methyl sites for hydroxylation is 2. The minimum absolute atomic E-state index is 0.394. The molecule has 1 unspecified atom stereocenters. The van der Waals surface area contributed by atoms with Crippen LogP contribution in [0.25, 0.3) is 0 Å². The standard InChI is InChI=1S/C16H27N5/c1-5-14-9-15(21(8-4)19-14)12-20-11-13(10-18-20)16(6-2)17-7-3/h9-11,16-17H,5-8,12H2,1-4H3. The highest BCUT2D eigenvalue weighted by atomic mass is 15.3. The monoisotopic (exact) mass is 289 g/mol. The van der Waals surface area contributed by atoms with Crippen LogP contribution in [0, 0.1) is 0 Å². The van der Waals surface area contributed by atoms with Gasteiger partial charge in [-0.3, -0.25) is 9.36 Å². The SMILES string of the molecule is CCNC(CC)c1cnn(Cc2cc(CC)nn2CC)c1. The maximum Gasteiger partial charge on any atom is 0.0828 e. The van der Waals surface area contributed by atoms with E-state index in [0.29, 0.717) is 6.04 Å². The summed E-state index contributed by atoms with van der Waals surface area (Å²) >= 11 is 0. The molecule has 5 heteroatoms. The first-order valence-electron chi connectivity index (χ1n) is 8.03. The Morgan fingerprint density at radius 3 is 2.67 bits per heavy atom. The summed E-state index contributed by atoms with van der Waals surface area (Å²) < 4.78 is 4.08. The molecular formula is C16H27N5. The third-order valence-electron chi connectivity index (χ3n) is 3.81. The van der Waals surface area contributed by atoms with E-state index in [1.54, 1.807) is 0 Å². The van der Waals surface area contributed by atoms with E-state index < -0.39 is 0 Å². The van der Waals surface area contributed by atoms with Crippen LogP contribution in [0.2, 0.25) is 0 Å². The predicted molar refractivity (Wildman–Crippen MR) is 85.3 cm³/mol. The number of nitrogens with one attached hydrogen (secondary N) is 1. The molecule has 0 radical (unpaired) electrons. The molecule has 0 aliphatic heterocycles. The van der Waals surface area contributed by atoms with Crippen molar-refractivity contribution in [1.29, 1.82) is 0 Å². The van der Waals surface area contributed by atoms with E-state index in [-0.39, 0.29) is 0 Å². The van der Waals surface area contributed by atoms with E-state index in [9.17, 15) is 0 Å².